The molecule has 1 aromatic heterocycles. The Bertz CT molecular complexity index is 192. The largest absolute Gasteiger partial charge is 0.491 e. The van der Waals surface area contributed by atoms with Crippen molar-refractivity contribution in [3.05, 3.63) is 12.5 Å². The standard InChI is InChI=1S/C6H9N3O.C2H6/c1-7-6-5(10-2)3-8-4-9-6;1-2/h3-4H,1-2H3,(H,7,8,9);1-2H3. The minimum Gasteiger partial charge on any atom is -0.491 e. The second-order valence-electron chi connectivity index (χ2n) is 1.69. The molecule has 1 rings (SSSR count). The van der Waals surface area contributed by atoms with Crippen molar-refractivity contribution >= 4 is 5.82 Å². The number of nitrogens with zero attached hydrogens (tertiary/aromatic N) is 2. The van der Waals surface area contributed by atoms with Crippen LogP contribution in [0.3, 0.4) is 0 Å². The number of aromatic nitrogens is 2. The second kappa shape index (κ2) is 6.39. The molecule has 0 atom stereocenters. The van der Waals surface area contributed by atoms with Crippen molar-refractivity contribution in [1.29, 1.82) is 0 Å². The van der Waals surface area contributed by atoms with E-state index >= 15 is 0 Å². The summed E-state index contributed by atoms with van der Waals surface area (Å²) in [5.74, 6) is 1.36. The molecule has 0 aliphatic heterocycles. The average Bonchev–Trinajstić information content (AvgIpc) is 2.20. The van der Waals surface area contributed by atoms with Crippen molar-refractivity contribution in [1.82, 2.24) is 9.97 Å². The fourth-order valence-electron chi connectivity index (χ4n) is 0.654. The first kappa shape index (κ1) is 10.7. The summed E-state index contributed by atoms with van der Waals surface area (Å²) in [5, 5.41) is 2.87. The second-order valence-corrected chi connectivity index (χ2v) is 1.69. The van der Waals surface area contributed by atoms with Crippen molar-refractivity contribution in [2.75, 3.05) is 19.5 Å². The Labute approximate surface area is 73.0 Å². The Morgan fingerprint density at radius 3 is 2.50 bits per heavy atom. The van der Waals surface area contributed by atoms with Crippen LogP contribution >= 0.6 is 0 Å². The van der Waals surface area contributed by atoms with Crippen molar-refractivity contribution < 1.29 is 4.74 Å². The molecule has 0 fully saturated rings. The quantitative estimate of drug-likeness (QED) is 0.729. The Balaban J connectivity index is 0.000000561. The maximum atomic E-state index is 4.95. The molecule has 0 unspecified atom stereocenters. The molecule has 1 N–H and O–H groups in total. The predicted molar refractivity (Wildman–Crippen MR) is 49.5 cm³/mol. The van der Waals surface area contributed by atoms with Gasteiger partial charge in [0.2, 0.25) is 0 Å². The number of nitrogens with one attached hydrogen (secondary N) is 1. The van der Waals surface area contributed by atoms with Gasteiger partial charge in [0.1, 0.15) is 6.33 Å². The molecule has 1 heterocycles. The van der Waals surface area contributed by atoms with Crippen LogP contribution < -0.4 is 10.1 Å². The molecule has 0 amide bonds. The third-order valence-corrected chi connectivity index (χ3v) is 1.14. The smallest absolute Gasteiger partial charge is 0.179 e. The molecule has 4 nitrogen and oxygen atoms in total. The minimum absolute atomic E-state index is 0.657. The number of anilines is 1. The molecule has 0 radical (unpaired) electrons. The molecule has 0 bridgehead atoms. The van der Waals surface area contributed by atoms with E-state index in [1.54, 1.807) is 20.4 Å². The summed E-state index contributed by atoms with van der Waals surface area (Å²) in [6.07, 6.45) is 3.08. The van der Waals surface area contributed by atoms with Crippen molar-refractivity contribution in [3.8, 4) is 5.75 Å². The molecule has 68 valence electrons. The Morgan fingerprint density at radius 1 is 1.42 bits per heavy atom. The van der Waals surface area contributed by atoms with E-state index in [-0.39, 0.29) is 0 Å². The molecule has 0 aromatic carbocycles. The summed E-state index contributed by atoms with van der Waals surface area (Å²) >= 11 is 0. The molecule has 4 heteroatoms. The van der Waals surface area contributed by atoms with Crippen molar-refractivity contribution in [2.45, 2.75) is 13.8 Å². The van der Waals surface area contributed by atoms with Crippen LogP contribution in [-0.4, -0.2) is 24.1 Å². The summed E-state index contributed by atoms with van der Waals surface area (Å²) < 4.78 is 4.95. The molecular weight excluding hydrogens is 154 g/mol. The summed E-state index contributed by atoms with van der Waals surface area (Å²) in [6.45, 7) is 4.00. The third kappa shape index (κ3) is 2.74. The van der Waals surface area contributed by atoms with Gasteiger partial charge in [-0.1, -0.05) is 13.8 Å². The van der Waals surface area contributed by atoms with Gasteiger partial charge in [0.25, 0.3) is 0 Å². The van der Waals surface area contributed by atoms with Crippen LogP contribution in [-0.2, 0) is 0 Å². The number of hydrogen-bond donors (Lipinski definition) is 1. The van der Waals surface area contributed by atoms with Crippen LogP contribution in [0.2, 0.25) is 0 Å². The highest BCUT2D eigenvalue weighted by molar-refractivity contribution is 5.46. The van der Waals surface area contributed by atoms with Crippen LogP contribution in [0, 0.1) is 0 Å². The zero-order valence-electron chi connectivity index (χ0n) is 7.96. The minimum atomic E-state index is 0.657. The van der Waals surface area contributed by atoms with Crippen LogP contribution in [0.25, 0.3) is 0 Å². The molecule has 0 aliphatic rings. The van der Waals surface area contributed by atoms with Gasteiger partial charge in [-0.15, -0.1) is 0 Å². The van der Waals surface area contributed by atoms with Gasteiger partial charge in [-0.3, -0.25) is 0 Å². The van der Waals surface area contributed by atoms with Gasteiger partial charge in [0.05, 0.1) is 13.3 Å². The van der Waals surface area contributed by atoms with Gasteiger partial charge in [0.15, 0.2) is 11.6 Å². The maximum Gasteiger partial charge on any atom is 0.179 e. The summed E-state index contributed by atoms with van der Waals surface area (Å²) in [6, 6.07) is 0. The third-order valence-electron chi connectivity index (χ3n) is 1.14. The Morgan fingerprint density at radius 2 is 2.08 bits per heavy atom. The highest BCUT2D eigenvalue weighted by atomic mass is 16.5. The maximum absolute atomic E-state index is 4.95. The van der Waals surface area contributed by atoms with Crippen LogP contribution in [0.1, 0.15) is 13.8 Å². The highest BCUT2D eigenvalue weighted by Gasteiger charge is 1.98. The molecule has 12 heavy (non-hydrogen) atoms. The lowest BCUT2D eigenvalue weighted by Gasteiger charge is -2.03. The zero-order chi connectivity index (χ0) is 9.40. The fourth-order valence-corrected chi connectivity index (χ4v) is 0.654. The predicted octanol–water partition coefficient (Wildman–Crippen LogP) is 1.55. The van der Waals surface area contributed by atoms with Gasteiger partial charge < -0.3 is 10.1 Å². The van der Waals surface area contributed by atoms with Gasteiger partial charge >= 0.3 is 0 Å². The lowest BCUT2D eigenvalue weighted by Crippen LogP contribution is -1.96. The summed E-state index contributed by atoms with van der Waals surface area (Å²) in [4.78, 5) is 7.71. The lowest BCUT2D eigenvalue weighted by molar-refractivity contribution is 0.413. The first-order valence-electron chi connectivity index (χ1n) is 3.90. The van der Waals surface area contributed by atoms with E-state index < -0.39 is 0 Å². The SMILES string of the molecule is CC.CNc1ncncc1OC. The van der Waals surface area contributed by atoms with Gasteiger partial charge in [-0.2, -0.15) is 0 Å². The normalized spacial score (nSPS) is 8.00. The summed E-state index contributed by atoms with van der Waals surface area (Å²) in [5.41, 5.74) is 0. The van der Waals surface area contributed by atoms with Gasteiger partial charge in [0, 0.05) is 7.05 Å². The van der Waals surface area contributed by atoms with E-state index in [4.69, 9.17) is 4.74 Å². The molecule has 1 aromatic rings. The monoisotopic (exact) mass is 169 g/mol. The zero-order valence-corrected chi connectivity index (χ0v) is 7.96. The van der Waals surface area contributed by atoms with E-state index in [0.717, 1.165) is 0 Å². The van der Waals surface area contributed by atoms with Gasteiger partial charge in [-0.05, 0) is 0 Å². The molecule has 0 spiro atoms. The topological polar surface area (TPSA) is 47.0 Å². The van der Waals surface area contributed by atoms with Crippen molar-refractivity contribution in [3.63, 3.8) is 0 Å². The van der Waals surface area contributed by atoms with E-state index in [1.807, 2.05) is 13.8 Å². The van der Waals surface area contributed by atoms with E-state index in [2.05, 4.69) is 15.3 Å². The lowest BCUT2D eigenvalue weighted by atomic mass is 10.5. The molecular formula is C8H15N3O. The first-order valence-corrected chi connectivity index (χ1v) is 3.90. The first-order chi connectivity index (χ1) is 5.88. The Hall–Kier alpha value is -1.32. The summed E-state index contributed by atoms with van der Waals surface area (Å²) in [7, 11) is 3.37. The molecule has 0 saturated carbocycles. The Kier molecular flexibility index (Phi) is 5.69. The number of methoxy groups -OCH3 is 1. The van der Waals surface area contributed by atoms with Crippen LogP contribution in [0.5, 0.6) is 5.75 Å². The van der Waals surface area contributed by atoms with Gasteiger partial charge in [-0.25, -0.2) is 9.97 Å². The van der Waals surface area contributed by atoms with E-state index in [0.29, 0.717) is 11.6 Å². The number of ether oxygens (including phenoxy) is 1. The molecule has 0 aliphatic carbocycles. The van der Waals surface area contributed by atoms with Crippen molar-refractivity contribution in [2.24, 2.45) is 0 Å². The average molecular weight is 169 g/mol. The molecule has 0 saturated heterocycles. The van der Waals surface area contributed by atoms with E-state index in [1.165, 1.54) is 6.33 Å². The van der Waals surface area contributed by atoms with Crippen LogP contribution in [0.4, 0.5) is 5.82 Å². The fraction of sp³-hybridized carbons (Fsp3) is 0.500. The van der Waals surface area contributed by atoms with Crippen LogP contribution in [0.15, 0.2) is 12.5 Å². The van der Waals surface area contributed by atoms with E-state index in [9.17, 15) is 0 Å². The number of rotatable bonds is 2. The number of hydrogen-bond acceptors (Lipinski definition) is 4. The highest BCUT2D eigenvalue weighted by Crippen LogP contribution is 2.16.